The predicted octanol–water partition coefficient (Wildman–Crippen LogP) is 3.01. The van der Waals surface area contributed by atoms with E-state index in [1.165, 1.54) is 7.11 Å². The third-order valence-electron chi connectivity index (χ3n) is 3.19. The standard InChI is InChI=1S/C15H22N2O3/c1-5-6-9-16-15(19)17-12-8-7-10(2)11(3)13(12)14(18)20-4/h7-8H,5-6,9H2,1-4H3,(H2,16,17,19). The summed E-state index contributed by atoms with van der Waals surface area (Å²) in [6.45, 7) is 6.41. The first-order chi connectivity index (χ1) is 9.51. The molecule has 1 aromatic rings. The summed E-state index contributed by atoms with van der Waals surface area (Å²) in [7, 11) is 1.33. The Morgan fingerprint density at radius 3 is 2.55 bits per heavy atom. The molecule has 2 amide bonds. The molecule has 5 heteroatoms. The van der Waals surface area contributed by atoms with Gasteiger partial charge in [-0.2, -0.15) is 0 Å². The van der Waals surface area contributed by atoms with Crippen LogP contribution in [0.5, 0.6) is 0 Å². The van der Waals surface area contributed by atoms with E-state index in [9.17, 15) is 9.59 Å². The quantitative estimate of drug-likeness (QED) is 0.642. The van der Waals surface area contributed by atoms with Gasteiger partial charge in [-0.15, -0.1) is 0 Å². The Kier molecular flexibility index (Phi) is 6.03. The minimum Gasteiger partial charge on any atom is -0.465 e. The highest BCUT2D eigenvalue weighted by atomic mass is 16.5. The summed E-state index contributed by atoms with van der Waals surface area (Å²) in [6.07, 6.45) is 1.93. The number of aryl methyl sites for hydroxylation is 1. The molecule has 0 heterocycles. The second-order valence-electron chi connectivity index (χ2n) is 4.66. The number of hydrogen-bond donors (Lipinski definition) is 2. The Morgan fingerprint density at radius 2 is 1.95 bits per heavy atom. The van der Waals surface area contributed by atoms with E-state index in [0.29, 0.717) is 17.8 Å². The van der Waals surface area contributed by atoms with Crippen molar-refractivity contribution >= 4 is 17.7 Å². The average molecular weight is 278 g/mol. The van der Waals surface area contributed by atoms with Crippen molar-refractivity contribution < 1.29 is 14.3 Å². The largest absolute Gasteiger partial charge is 0.465 e. The Morgan fingerprint density at radius 1 is 1.25 bits per heavy atom. The monoisotopic (exact) mass is 278 g/mol. The number of carbonyl (C=O) groups excluding carboxylic acids is 2. The number of ether oxygens (including phenoxy) is 1. The Hall–Kier alpha value is -2.04. The smallest absolute Gasteiger partial charge is 0.340 e. The van der Waals surface area contributed by atoms with Crippen molar-refractivity contribution in [1.82, 2.24) is 5.32 Å². The molecular weight excluding hydrogens is 256 g/mol. The first-order valence-electron chi connectivity index (χ1n) is 6.74. The number of nitrogens with one attached hydrogen (secondary N) is 2. The number of esters is 1. The Bertz CT molecular complexity index is 498. The molecule has 5 nitrogen and oxygen atoms in total. The number of benzene rings is 1. The van der Waals surface area contributed by atoms with Gasteiger partial charge in [0.1, 0.15) is 0 Å². The molecule has 0 saturated heterocycles. The van der Waals surface area contributed by atoms with Gasteiger partial charge in [0.2, 0.25) is 0 Å². The van der Waals surface area contributed by atoms with Crippen LogP contribution < -0.4 is 10.6 Å². The molecule has 0 aliphatic heterocycles. The number of anilines is 1. The lowest BCUT2D eigenvalue weighted by Crippen LogP contribution is -2.30. The molecule has 0 fully saturated rings. The number of unbranched alkanes of at least 4 members (excludes halogenated alkanes) is 1. The Balaban J connectivity index is 2.92. The van der Waals surface area contributed by atoms with Crippen molar-refractivity contribution in [2.75, 3.05) is 19.0 Å². The molecule has 0 aliphatic carbocycles. The van der Waals surface area contributed by atoms with Crippen LogP contribution in [0, 0.1) is 13.8 Å². The van der Waals surface area contributed by atoms with Gasteiger partial charge in [-0.3, -0.25) is 0 Å². The van der Waals surface area contributed by atoms with Crippen LogP contribution in [0.3, 0.4) is 0 Å². The van der Waals surface area contributed by atoms with Gasteiger partial charge < -0.3 is 15.4 Å². The van der Waals surface area contributed by atoms with Crippen molar-refractivity contribution in [3.05, 3.63) is 28.8 Å². The highest BCUT2D eigenvalue weighted by Gasteiger charge is 2.17. The summed E-state index contributed by atoms with van der Waals surface area (Å²) < 4.78 is 4.78. The minimum absolute atomic E-state index is 0.313. The molecule has 0 spiro atoms. The third kappa shape index (κ3) is 3.98. The van der Waals surface area contributed by atoms with Gasteiger partial charge in [-0.25, -0.2) is 9.59 Å². The molecule has 0 aliphatic rings. The molecule has 0 aromatic heterocycles. The molecule has 2 N–H and O–H groups in total. The van der Waals surface area contributed by atoms with Crippen LogP contribution >= 0.6 is 0 Å². The fraction of sp³-hybridized carbons (Fsp3) is 0.467. The molecular formula is C15H22N2O3. The first kappa shape index (κ1) is 16.0. The normalized spacial score (nSPS) is 10.0. The van der Waals surface area contributed by atoms with Gasteiger partial charge in [0.05, 0.1) is 18.4 Å². The van der Waals surface area contributed by atoms with Gasteiger partial charge >= 0.3 is 12.0 Å². The van der Waals surface area contributed by atoms with E-state index >= 15 is 0 Å². The van der Waals surface area contributed by atoms with Gasteiger partial charge in [0.25, 0.3) is 0 Å². The molecule has 0 bridgehead atoms. The van der Waals surface area contributed by atoms with Crippen molar-refractivity contribution in [2.45, 2.75) is 33.6 Å². The second-order valence-corrected chi connectivity index (χ2v) is 4.66. The number of methoxy groups -OCH3 is 1. The fourth-order valence-electron chi connectivity index (χ4n) is 1.83. The van der Waals surface area contributed by atoms with Crippen LogP contribution in [-0.2, 0) is 4.74 Å². The maximum atomic E-state index is 11.9. The van der Waals surface area contributed by atoms with E-state index in [-0.39, 0.29) is 6.03 Å². The van der Waals surface area contributed by atoms with Crippen LogP contribution in [0.4, 0.5) is 10.5 Å². The van der Waals surface area contributed by atoms with E-state index in [1.54, 1.807) is 6.07 Å². The maximum Gasteiger partial charge on any atom is 0.340 e. The topological polar surface area (TPSA) is 67.4 Å². The maximum absolute atomic E-state index is 11.9. The molecule has 1 rings (SSSR count). The predicted molar refractivity (Wildman–Crippen MR) is 79.2 cm³/mol. The highest BCUT2D eigenvalue weighted by Crippen LogP contribution is 2.23. The van der Waals surface area contributed by atoms with Crippen molar-refractivity contribution in [3.8, 4) is 0 Å². The fourth-order valence-corrected chi connectivity index (χ4v) is 1.83. The molecule has 0 atom stereocenters. The number of amides is 2. The lowest BCUT2D eigenvalue weighted by atomic mass is 10.0. The number of hydrogen-bond acceptors (Lipinski definition) is 3. The summed E-state index contributed by atoms with van der Waals surface area (Å²) >= 11 is 0. The molecule has 20 heavy (non-hydrogen) atoms. The van der Waals surface area contributed by atoms with Crippen LogP contribution in [0.2, 0.25) is 0 Å². The summed E-state index contributed by atoms with van der Waals surface area (Å²) in [5, 5.41) is 5.45. The Labute approximate surface area is 119 Å². The van der Waals surface area contributed by atoms with Crippen molar-refractivity contribution in [1.29, 1.82) is 0 Å². The van der Waals surface area contributed by atoms with Crippen molar-refractivity contribution in [3.63, 3.8) is 0 Å². The molecule has 110 valence electrons. The first-order valence-corrected chi connectivity index (χ1v) is 6.74. The van der Waals surface area contributed by atoms with Gasteiger partial charge in [0, 0.05) is 6.54 Å². The zero-order chi connectivity index (χ0) is 15.1. The number of urea groups is 1. The average Bonchev–Trinajstić information content (AvgIpc) is 2.43. The zero-order valence-corrected chi connectivity index (χ0v) is 12.5. The third-order valence-corrected chi connectivity index (χ3v) is 3.19. The van der Waals surface area contributed by atoms with Gasteiger partial charge in [0.15, 0.2) is 0 Å². The van der Waals surface area contributed by atoms with Crippen LogP contribution in [0.1, 0.15) is 41.3 Å². The van der Waals surface area contributed by atoms with E-state index < -0.39 is 5.97 Å². The molecule has 0 radical (unpaired) electrons. The number of rotatable bonds is 5. The highest BCUT2D eigenvalue weighted by molar-refractivity contribution is 6.02. The van der Waals surface area contributed by atoms with Crippen LogP contribution in [-0.4, -0.2) is 25.7 Å². The lowest BCUT2D eigenvalue weighted by Gasteiger charge is -2.14. The molecule has 0 saturated carbocycles. The summed E-state index contributed by atoms with van der Waals surface area (Å²) in [4.78, 5) is 23.6. The lowest BCUT2D eigenvalue weighted by molar-refractivity contribution is 0.0601. The molecule has 1 aromatic carbocycles. The van der Waals surface area contributed by atoms with Crippen LogP contribution in [0.15, 0.2) is 12.1 Å². The summed E-state index contributed by atoms with van der Waals surface area (Å²) in [5.74, 6) is -0.449. The molecule has 0 unspecified atom stereocenters. The SMILES string of the molecule is CCCCNC(=O)Nc1ccc(C)c(C)c1C(=O)OC. The van der Waals surface area contributed by atoms with Crippen molar-refractivity contribution in [2.24, 2.45) is 0 Å². The van der Waals surface area contributed by atoms with Crippen LogP contribution in [0.25, 0.3) is 0 Å². The summed E-state index contributed by atoms with van der Waals surface area (Å²) in [5.41, 5.74) is 2.65. The minimum atomic E-state index is -0.449. The van der Waals surface area contributed by atoms with E-state index in [0.717, 1.165) is 24.0 Å². The van der Waals surface area contributed by atoms with E-state index in [1.807, 2.05) is 19.9 Å². The van der Waals surface area contributed by atoms with E-state index in [4.69, 9.17) is 4.74 Å². The second kappa shape index (κ2) is 7.53. The number of carbonyl (C=O) groups is 2. The zero-order valence-electron chi connectivity index (χ0n) is 12.5. The van der Waals surface area contributed by atoms with Gasteiger partial charge in [-0.05, 0) is 37.5 Å². The van der Waals surface area contributed by atoms with Gasteiger partial charge in [-0.1, -0.05) is 19.4 Å². The van der Waals surface area contributed by atoms with E-state index in [2.05, 4.69) is 17.6 Å². The summed E-state index contributed by atoms with van der Waals surface area (Å²) in [6, 6.07) is 3.27.